The number of rotatable bonds is 3. The lowest BCUT2D eigenvalue weighted by atomic mass is 9.89. The number of aryl methyl sites for hydroxylation is 1. The van der Waals surface area contributed by atoms with Gasteiger partial charge in [-0.15, -0.1) is 10.2 Å². The van der Waals surface area contributed by atoms with Crippen LogP contribution in [-0.4, -0.2) is 55.5 Å². The molecule has 4 heterocycles. The van der Waals surface area contributed by atoms with Crippen LogP contribution in [0.5, 0.6) is 0 Å². The Bertz CT molecular complexity index is 1100. The summed E-state index contributed by atoms with van der Waals surface area (Å²) in [5, 5.41) is 11.5. The van der Waals surface area contributed by atoms with Gasteiger partial charge in [0, 0.05) is 45.5 Å². The molecule has 29 heavy (non-hydrogen) atoms. The molecule has 1 aliphatic heterocycles. The predicted octanol–water partition coefficient (Wildman–Crippen LogP) is 1.72. The highest BCUT2D eigenvalue weighted by Gasteiger charge is 2.40. The van der Waals surface area contributed by atoms with Gasteiger partial charge in [0.05, 0.1) is 11.3 Å². The maximum Gasteiger partial charge on any atom is 0.255 e. The minimum absolute atomic E-state index is 0.0126. The van der Waals surface area contributed by atoms with E-state index in [1.165, 1.54) is 0 Å². The molecule has 150 valence electrons. The molecule has 2 amide bonds. The lowest BCUT2D eigenvalue weighted by molar-refractivity contribution is -0.124. The van der Waals surface area contributed by atoms with E-state index in [1.807, 2.05) is 64.6 Å². The smallest absolute Gasteiger partial charge is 0.255 e. The van der Waals surface area contributed by atoms with Gasteiger partial charge < -0.3 is 14.8 Å². The molecule has 1 saturated carbocycles. The van der Waals surface area contributed by atoms with E-state index in [2.05, 4.69) is 15.5 Å². The number of nitrogens with zero attached hydrogens (tertiary/aromatic N) is 5. The van der Waals surface area contributed by atoms with Crippen molar-refractivity contribution in [3.05, 3.63) is 42.2 Å². The number of amides is 2. The zero-order valence-electron chi connectivity index (χ0n) is 16.6. The maximum atomic E-state index is 13.2. The maximum absolute atomic E-state index is 13.2. The average Bonchev–Trinajstić information content (AvgIpc) is 3.43. The number of hydrogen-bond acceptors (Lipinski definition) is 4. The van der Waals surface area contributed by atoms with Crippen LogP contribution in [-0.2, 0) is 11.8 Å². The van der Waals surface area contributed by atoms with Crippen molar-refractivity contribution in [3.63, 3.8) is 0 Å². The summed E-state index contributed by atoms with van der Waals surface area (Å²) in [5.41, 5.74) is 2.25. The Kier molecular flexibility index (Phi) is 4.15. The number of fused-ring (bicyclic) bond motifs is 2. The highest BCUT2D eigenvalue weighted by Crippen LogP contribution is 2.38. The number of carbonyl (C=O) groups is 2. The minimum Gasteiger partial charge on any atom is -0.356 e. The Labute approximate surface area is 168 Å². The van der Waals surface area contributed by atoms with E-state index in [0.717, 1.165) is 25.1 Å². The molecule has 0 spiro atoms. The molecule has 8 nitrogen and oxygen atoms in total. The topological polar surface area (TPSA) is 84.5 Å². The fourth-order valence-corrected chi connectivity index (χ4v) is 4.81. The van der Waals surface area contributed by atoms with Crippen molar-refractivity contribution in [2.45, 2.75) is 25.3 Å². The summed E-state index contributed by atoms with van der Waals surface area (Å²) < 4.78 is 3.85. The van der Waals surface area contributed by atoms with Gasteiger partial charge in [-0.1, -0.05) is 0 Å². The van der Waals surface area contributed by atoms with Crippen molar-refractivity contribution in [2.75, 3.05) is 13.6 Å². The van der Waals surface area contributed by atoms with E-state index in [9.17, 15) is 9.59 Å². The van der Waals surface area contributed by atoms with Gasteiger partial charge in [-0.25, -0.2) is 0 Å². The molecule has 0 radical (unpaired) electrons. The van der Waals surface area contributed by atoms with Gasteiger partial charge in [0.1, 0.15) is 0 Å². The zero-order valence-corrected chi connectivity index (χ0v) is 16.6. The molecule has 0 bridgehead atoms. The molecule has 1 saturated heterocycles. The molecule has 1 aliphatic carbocycles. The second kappa shape index (κ2) is 6.72. The van der Waals surface area contributed by atoms with E-state index < -0.39 is 0 Å². The van der Waals surface area contributed by atoms with Crippen LogP contribution >= 0.6 is 0 Å². The fourth-order valence-electron chi connectivity index (χ4n) is 4.81. The first-order valence-electron chi connectivity index (χ1n) is 10.0. The number of nitrogens with one attached hydrogen (secondary N) is 1. The van der Waals surface area contributed by atoms with Crippen LogP contribution in [0.15, 0.2) is 36.7 Å². The summed E-state index contributed by atoms with van der Waals surface area (Å²) in [6.45, 7) is 0.731. The van der Waals surface area contributed by atoms with Gasteiger partial charge >= 0.3 is 0 Å². The Morgan fingerprint density at radius 2 is 2.03 bits per heavy atom. The first kappa shape index (κ1) is 17.9. The highest BCUT2D eigenvalue weighted by atomic mass is 16.2. The summed E-state index contributed by atoms with van der Waals surface area (Å²) in [4.78, 5) is 26.7. The molecule has 1 N–H and O–H groups in total. The van der Waals surface area contributed by atoms with Crippen LogP contribution < -0.4 is 5.32 Å². The summed E-state index contributed by atoms with van der Waals surface area (Å²) in [6.07, 6.45) is 6.19. The molecule has 0 unspecified atom stereocenters. The molecule has 3 aromatic rings. The van der Waals surface area contributed by atoms with Gasteiger partial charge in [0.2, 0.25) is 5.91 Å². The number of carbonyl (C=O) groups excluding carboxylic acids is 2. The number of hydrogen-bond donors (Lipinski definition) is 1. The van der Waals surface area contributed by atoms with Crippen LogP contribution in [0.4, 0.5) is 0 Å². The molecule has 2 aliphatic rings. The first-order valence-corrected chi connectivity index (χ1v) is 10.0. The van der Waals surface area contributed by atoms with E-state index in [1.54, 1.807) is 0 Å². The molecule has 8 heteroatoms. The normalized spacial score (nSPS) is 23.8. The highest BCUT2D eigenvalue weighted by molar-refractivity contribution is 5.94. The largest absolute Gasteiger partial charge is 0.356 e. The van der Waals surface area contributed by atoms with Gasteiger partial charge in [0.25, 0.3) is 5.91 Å². The minimum atomic E-state index is -0.0126. The molecule has 3 aromatic heterocycles. The zero-order chi connectivity index (χ0) is 20.1. The molecule has 0 aromatic carbocycles. The van der Waals surface area contributed by atoms with Crippen molar-refractivity contribution in [3.8, 4) is 11.5 Å². The summed E-state index contributed by atoms with van der Waals surface area (Å²) >= 11 is 0. The van der Waals surface area contributed by atoms with Gasteiger partial charge in [-0.2, -0.15) is 0 Å². The molecule has 5 rings (SSSR count). The van der Waals surface area contributed by atoms with Crippen molar-refractivity contribution in [2.24, 2.45) is 18.9 Å². The third-order valence-corrected chi connectivity index (χ3v) is 6.52. The average molecular weight is 392 g/mol. The van der Waals surface area contributed by atoms with Crippen molar-refractivity contribution in [1.82, 2.24) is 29.4 Å². The predicted molar refractivity (Wildman–Crippen MR) is 107 cm³/mol. The lowest BCUT2D eigenvalue weighted by Gasteiger charge is -2.25. The standard InChI is InChI=1S/C21H24N6O2/c1-25-7-3-4-17(25)20-24-23-18-6-5-13(12-27(18)20)21(29)26(2)16-8-14-10-19(28)22-11-15(14)9-16/h3-7,12,14-16H,8-11H2,1-2H3,(H,22,28)/t14-,15+,16-/m0/s1. The monoisotopic (exact) mass is 392 g/mol. The van der Waals surface area contributed by atoms with E-state index in [0.29, 0.717) is 35.3 Å². The van der Waals surface area contributed by atoms with Gasteiger partial charge in [-0.05, 0) is 48.9 Å². The summed E-state index contributed by atoms with van der Waals surface area (Å²) in [6, 6.07) is 7.74. The molecular formula is C21H24N6O2. The Morgan fingerprint density at radius 1 is 1.21 bits per heavy atom. The van der Waals surface area contributed by atoms with Crippen molar-refractivity contribution < 1.29 is 9.59 Å². The van der Waals surface area contributed by atoms with E-state index >= 15 is 0 Å². The van der Waals surface area contributed by atoms with Gasteiger partial charge in [0.15, 0.2) is 11.5 Å². The number of aromatic nitrogens is 4. The van der Waals surface area contributed by atoms with Crippen LogP contribution in [0.1, 0.15) is 29.6 Å². The summed E-state index contributed by atoms with van der Waals surface area (Å²) in [5.74, 6) is 1.68. The van der Waals surface area contributed by atoms with Crippen LogP contribution in [0.2, 0.25) is 0 Å². The van der Waals surface area contributed by atoms with Crippen LogP contribution in [0.25, 0.3) is 17.2 Å². The molecule has 2 fully saturated rings. The quantitative estimate of drug-likeness (QED) is 0.736. The lowest BCUT2D eigenvalue weighted by Crippen LogP contribution is -2.38. The molecular weight excluding hydrogens is 368 g/mol. The SMILES string of the molecule is CN(C(=O)c1ccc2nnc(-c3cccn3C)n2c1)[C@H]1C[C@H]2CC(=O)NC[C@H]2C1. The third kappa shape index (κ3) is 2.99. The number of piperidine rings is 1. The Balaban J connectivity index is 1.41. The van der Waals surface area contributed by atoms with Crippen LogP contribution in [0.3, 0.4) is 0 Å². The second-order valence-electron chi connectivity index (χ2n) is 8.24. The Hall–Kier alpha value is -3.16. The van der Waals surface area contributed by atoms with E-state index in [4.69, 9.17) is 0 Å². The molecule has 3 atom stereocenters. The fraction of sp³-hybridized carbons (Fsp3) is 0.429. The van der Waals surface area contributed by atoms with Gasteiger partial charge in [-0.3, -0.25) is 14.0 Å². The Morgan fingerprint density at radius 3 is 2.83 bits per heavy atom. The first-order chi connectivity index (χ1) is 14.0. The summed E-state index contributed by atoms with van der Waals surface area (Å²) in [7, 11) is 3.83. The van der Waals surface area contributed by atoms with Crippen LogP contribution in [0, 0.1) is 11.8 Å². The van der Waals surface area contributed by atoms with E-state index in [-0.39, 0.29) is 17.9 Å². The third-order valence-electron chi connectivity index (χ3n) is 6.52. The van der Waals surface area contributed by atoms with Crippen molar-refractivity contribution >= 4 is 17.5 Å². The number of pyridine rings is 1. The second-order valence-corrected chi connectivity index (χ2v) is 8.24. The van der Waals surface area contributed by atoms with Crippen molar-refractivity contribution in [1.29, 1.82) is 0 Å².